The minimum absolute atomic E-state index is 0.174. The molecule has 22 heavy (non-hydrogen) atoms. The van der Waals surface area contributed by atoms with Gasteiger partial charge in [0.05, 0.1) is 24.8 Å². The Hall–Kier alpha value is -2.21. The molecule has 0 spiro atoms. The Labute approximate surface area is 130 Å². The number of anilines is 1. The second-order valence-corrected chi connectivity index (χ2v) is 6.62. The lowest BCUT2D eigenvalue weighted by atomic mass is 10.2. The summed E-state index contributed by atoms with van der Waals surface area (Å²) in [5, 5.41) is 0. The predicted octanol–water partition coefficient (Wildman–Crippen LogP) is 3.12. The molecule has 1 N–H and O–H groups in total. The van der Waals surface area contributed by atoms with Gasteiger partial charge in [0.2, 0.25) is 0 Å². The van der Waals surface area contributed by atoms with Crippen molar-refractivity contribution in [2.45, 2.75) is 18.7 Å². The average molecular weight is 321 g/mol. The molecule has 2 aromatic rings. The molecule has 6 heteroatoms. The fraction of sp³-hybridized carbons (Fsp3) is 0.250. The van der Waals surface area contributed by atoms with E-state index >= 15 is 0 Å². The number of ether oxygens (including phenoxy) is 2. The normalized spacial score (nSPS) is 11.1. The number of hydrogen-bond donors (Lipinski definition) is 1. The highest BCUT2D eigenvalue weighted by Crippen LogP contribution is 2.29. The third kappa shape index (κ3) is 3.33. The Morgan fingerprint density at radius 2 is 1.59 bits per heavy atom. The highest BCUT2D eigenvalue weighted by atomic mass is 32.2. The van der Waals surface area contributed by atoms with Crippen LogP contribution in [0, 0.1) is 13.8 Å². The maximum absolute atomic E-state index is 12.5. The molecule has 2 aromatic carbocycles. The second kappa shape index (κ2) is 6.27. The lowest BCUT2D eigenvalue weighted by Crippen LogP contribution is -2.14. The fourth-order valence-electron chi connectivity index (χ4n) is 2.10. The monoisotopic (exact) mass is 321 g/mol. The summed E-state index contributed by atoms with van der Waals surface area (Å²) in [5.74, 6) is 1.13. The van der Waals surface area contributed by atoms with E-state index in [0.717, 1.165) is 11.1 Å². The molecular weight excluding hydrogens is 302 g/mol. The van der Waals surface area contributed by atoms with Gasteiger partial charge in [0.25, 0.3) is 10.0 Å². The molecule has 0 saturated carbocycles. The molecule has 5 nitrogen and oxygen atoms in total. The van der Waals surface area contributed by atoms with Crippen molar-refractivity contribution in [3.63, 3.8) is 0 Å². The van der Waals surface area contributed by atoms with Crippen LogP contribution in [0.25, 0.3) is 0 Å². The summed E-state index contributed by atoms with van der Waals surface area (Å²) in [5.41, 5.74) is 2.14. The van der Waals surface area contributed by atoms with Crippen molar-refractivity contribution in [2.75, 3.05) is 18.9 Å². The van der Waals surface area contributed by atoms with Crippen LogP contribution in [0.3, 0.4) is 0 Å². The van der Waals surface area contributed by atoms with Gasteiger partial charge in [-0.2, -0.15) is 0 Å². The van der Waals surface area contributed by atoms with Crippen LogP contribution in [0.1, 0.15) is 11.1 Å². The Kier molecular flexibility index (Phi) is 4.61. The van der Waals surface area contributed by atoms with E-state index in [0.29, 0.717) is 17.2 Å². The second-order valence-electron chi connectivity index (χ2n) is 4.94. The molecule has 0 aromatic heterocycles. The topological polar surface area (TPSA) is 64.6 Å². The number of methoxy groups -OCH3 is 2. The molecule has 0 radical (unpaired) electrons. The zero-order valence-corrected chi connectivity index (χ0v) is 13.8. The standard InChI is InChI=1S/C16H19NO4S/c1-11-5-7-14(16(9-11)21-4)17-22(18,19)13-6-8-15(20-3)12(2)10-13/h5-10,17H,1-4H3. The third-order valence-electron chi connectivity index (χ3n) is 3.28. The predicted molar refractivity (Wildman–Crippen MR) is 86.3 cm³/mol. The van der Waals surface area contributed by atoms with Crippen molar-refractivity contribution in [1.82, 2.24) is 0 Å². The number of aryl methyl sites for hydroxylation is 2. The minimum Gasteiger partial charge on any atom is -0.496 e. The van der Waals surface area contributed by atoms with Crippen LogP contribution in [0.2, 0.25) is 0 Å². The average Bonchev–Trinajstić information content (AvgIpc) is 2.48. The lowest BCUT2D eigenvalue weighted by Gasteiger charge is -2.13. The molecule has 0 aliphatic heterocycles. The summed E-state index contributed by atoms with van der Waals surface area (Å²) in [4.78, 5) is 0.174. The third-order valence-corrected chi connectivity index (χ3v) is 4.64. The maximum Gasteiger partial charge on any atom is 0.262 e. The van der Waals surface area contributed by atoms with Gasteiger partial charge in [0.1, 0.15) is 11.5 Å². The van der Waals surface area contributed by atoms with Crippen molar-refractivity contribution in [1.29, 1.82) is 0 Å². The first-order valence-electron chi connectivity index (χ1n) is 6.69. The van der Waals surface area contributed by atoms with Gasteiger partial charge in [-0.05, 0) is 55.3 Å². The summed E-state index contributed by atoms with van der Waals surface area (Å²) < 4.78 is 37.9. The van der Waals surface area contributed by atoms with Gasteiger partial charge in [-0.3, -0.25) is 4.72 Å². The quantitative estimate of drug-likeness (QED) is 0.919. The summed E-state index contributed by atoms with van der Waals surface area (Å²) in [6.45, 7) is 3.71. The zero-order valence-electron chi connectivity index (χ0n) is 13.0. The van der Waals surface area contributed by atoms with Crippen LogP contribution in [0.4, 0.5) is 5.69 Å². The number of sulfonamides is 1. The molecule has 0 unspecified atom stereocenters. The minimum atomic E-state index is -3.69. The Balaban J connectivity index is 2.38. The van der Waals surface area contributed by atoms with E-state index in [4.69, 9.17) is 9.47 Å². The molecule has 0 heterocycles. The van der Waals surface area contributed by atoms with E-state index < -0.39 is 10.0 Å². The molecular formula is C16H19NO4S. The number of benzene rings is 2. The summed E-state index contributed by atoms with van der Waals surface area (Å²) in [7, 11) is -0.640. The van der Waals surface area contributed by atoms with Crippen LogP contribution >= 0.6 is 0 Å². The van der Waals surface area contributed by atoms with Crippen molar-refractivity contribution < 1.29 is 17.9 Å². The maximum atomic E-state index is 12.5. The van der Waals surface area contributed by atoms with Crippen LogP contribution in [-0.4, -0.2) is 22.6 Å². The molecule has 0 fully saturated rings. The molecule has 0 atom stereocenters. The van der Waals surface area contributed by atoms with E-state index in [-0.39, 0.29) is 4.90 Å². The SMILES string of the molecule is COc1ccc(S(=O)(=O)Nc2ccc(C)cc2OC)cc1C. The summed E-state index contributed by atoms with van der Waals surface area (Å²) in [6, 6.07) is 9.99. The van der Waals surface area contributed by atoms with Gasteiger partial charge >= 0.3 is 0 Å². The molecule has 0 aliphatic carbocycles. The van der Waals surface area contributed by atoms with Gasteiger partial charge in [0.15, 0.2) is 0 Å². The van der Waals surface area contributed by atoms with Gasteiger partial charge in [-0.15, -0.1) is 0 Å². The van der Waals surface area contributed by atoms with Crippen LogP contribution in [-0.2, 0) is 10.0 Å². The van der Waals surface area contributed by atoms with E-state index in [1.807, 2.05) is 13.0 Å². The van der Waals surface area contributed by atoms with Gasteiger partial charge in [-0.25, -0.2) is 8.42 Å². The van der Waals surface area contributed by atoms with Gasteiger partial charge in [0, 0.05) is 0 Å². The Bertz CT molecular complexity index is 785. The van der Waals surface area contributed by atoms with E-state index in [1.165, 1.54) is 13.2 Å². The largest absolute Gasteiger partial charge is 0.496 e. The van der Waals surface area contributed by atoms with Crippen molar-refractivity contribution in [3.05, 3.63) is 47.5 Å². The van der Waals surface area contributed by atoms with E-state index in [2.05, 4.69) is 4.72 Å². The van der Waals surface area contributed by atoms with Gasteiger partial charge in [-0.1, -0.05) is 6.07 Å². The van der Waals surface area contributed by atoms with Crippen LogP contribution in [0.15, 0.2) is 41.3 Å². The number of rotatable bonds is 5. The van der Waals surface area contributed by atoms with Crippen LogP contribution in [0.5, 0.6) is 11.5 Å². The van der Waals surface area contributed by atoms with E-state index in [9.17, 15) is 8.42 Å². The molecule has 0 saturated heterocycles. The van der Waals surface area contributed by atoms with Gasteiger partial charge < -0.3 is 9.47 Å². The van der Waals surface area contributed by atoms with Crippen molar-refractivity contribution >= 4 is 15.7 Å². The number of nitrogens with one attached hydrogen (secondary N) is 1. The first-order chi connectivity index (χ1) is 10.4. The molecule has 118 valence electrons. The molecule has 2 rings (SSSR count). The molecule has 0 bridgehead atoms. The number of hydrogen-bond acceptors (Lipinski definition) is 4. The first-order valence-corrected chi connectivity index (χ1v) is 8.18. The smallest absolute Gasteiger partial charge is 0.262 e. The van der Waals surface area contributed by atoms with E-state index in [1.54, 1.807) is 38.3 Å². The highest BCUT2D eigenvalue weighted by molar-refractivity contribution is 7.92. The Morgan fingerprint density at radius 1 is 0.909 bits per heavy atom. The summed E-state index contributed by atoms with van der Waals surface area (Å²) >= 11 is 0. The molecule has 0 aliphatic rings. The highest BCUT2D eigenvalue weighted by Gasteiger charge is 2.17. The van der Waals surface area contributed by atoms with Crippen LogP contribution < -0.4 is 14.2 Å². The lowest BCUT2D eigenvalue weighted by molar-refractivity contribution is 0.411. The molecule has 0 amide bonds. The van der Waals surface area contributed by atoms with Crippen molar-refractivity contribution in [3.8, 4) is 11.5 Å². The Morgan fingerprint density at radius 3 is 2.18 bits per heavy atom. The first kappa shape index (κ1) is 16.2. The zero-order chi connectivity index (χ0) is 16.3. The fourth-order valence-corrected chi connectivity index (χ4v) is 3.26. The summed E-state index contributed by atoms with van der Waals surface area (Å²) in [6.07, 6.45) is 0. The van der Waals surface area contributed by atoms with Crippen molar-refractivity contribution in [2.24, 2.45) is 0 Å².